The van der Waals surface area contributed by atoms with Crippen LogP contribution in [0.2, 0.25) is 0 Å². The number of hydrogen-bond acceptors (Lipinski definition) is 5. The smallest absolute Gasteiger partial charge is 0.265 e. The molecule has 0 unspecified atom stereocenters. The standard InChI is InChI=1S/C11H13N3O3S/c1-8-11(6-10(7-12)17-8)18(15,16)14-9-2-4-13-5-3-9/h2-6H,7,12H2,1H3,(H,13,14). The molecule has 3 N–H and O–H groups in total. The molecule has 0 fully saturated rings. The van der Waals surface area contributed by atoms with E-state index in [0.717, 1.165) is 0 Å². The third-order valence-corrected chi connectivity index (χ3v) is 3.84. The number of pyridine rings is 1. The Morgan fingerprint density at radius 2 is 2.06 bits per heavy atom. The maximum Gasteiger partial charge on any atom is 0.265 e. The summed E-state index contributed by atoms with van der Waals surface area (Å²) in [5.41, 5.74) is 5.85. The second-order valence-corrected chi connectivity index (χ2v) is 5.33. The number of nitrogens with one attached hydrogen (secondary N) is 1. The van der Waals surface area contributed by atoms with Gasteiger partial charge in [0, 0.05) is 18.5 Å². The molecule has 7 heteroatoms. The number of hydrogen-bond donors (Lipinski definition) is 2. The minimum absolute atomic E-state index is 0.0970. The molecule has 0 bridgehead atoms. The maximum absolute atomic E-state index is 12.1. The van der Waals surface area contributed by atoms with Crippen LogP contribution in [0.4, 0.5) is 5.69 Å². The average molecular weight is 267 g/mol. The molecule has 96 valence electrons. The fourth-order valence-corrected chi connectivity index (χ4v) is 2.78. The predicted octanol–water partition coefficient (Wildman–Crippen LogP) is 1.24. The number of anilines is 1. The summed E-state index contributed by atoms with van der Waals surface area (Å²) in [6, 6.07) is 4.56. The van der Waals surface area contributed by atoms with Crippen molar-refractivity contribution in [1.29, 1.82) is 0 Å². The molecular weight excluding hydrogens is 254 g/mol. The average Bonchev–Trinajstić information content (AvgIpc) is 2.72. The van der Waals surface area contributed by atoms with Crippen molar-refractivity contribution < 1.29 is 12.8 Å². The summed E-state index contributed by atoms with van der Waals surface area (Å²) in [5, 5.41) is 0. The van der Waals surface area contributed by atoms with Gasteiger partial charge >= 0.3 is 0 Å². The lowest BCUT2D eigenvalue weighted by Gasteiger charge is -2.05. The highest BCUT2D eigenvalue weighted by atomic mass is 32.2. The molecule has 0 aliphatic rings. The molecule has 0 aliphatic carbocycles. The molecule has 0 aliphatic heterocycles. The van der Waals surface area contributed by atoms with Crippen molar-refractivity contribution in [1.82, 2.24) is 4.98 Å². The third kappa shape index (κ3) is 2.52. The molecule has 2 heterocycles. The van der Waals surface area contributed by atoms with Gasteiger partial charge in [0.1, 0.15) is 16.4 Å². The van der Waals surface area contributed by atoms with Gasteiger partial charge in [-0.05, 0) is 19.1 Å². The van der Waals surface area contributed by atoms with Crippen molar-refractivity contribution in [3.63, 3.8) is 0 Å². The summed E-state index contributed by atoms with van der Waals surface area (Å²) in [7, 11) is -3.66. The van der Waals surface area contributed by atoms with Crippen molar-refractivity contribution in [2.45, 2.75) is 18.4 Å². The molecule has 0 aromatic carbocycles. The first-order chi connectivity index (χ1) is 8.53. The van der Waals surface area contributed by atoms with Crippen LogP contribution < -0.4 is 10.5 Å². The van der Waals surface area contributed by atoms with Gasteiger partial charge in [-0.3, -0.25) is 9.71 Å². The number of nitrogens with two attached hydrogens (primary N) is 1. The van der Waals surface area contributed by atoms with Crippen LogP contribution in [0.25, 0.3) is 0 Å². The maximum atomic E-state index is 12.1. The molecular formula is C11H13N3O3S. The van der Waals surface area contributed by atoms with Gasteiger partial charge in [-0.15, -0.1) is 0 Å². The Bertz CT molecular complexity index is 635. The van der Waals surface area contributed by atoms with Gasteiger partial charge in [0.05, 0.1) is 12.2 Å². The van der Waals surface area contributed by atoms with Crippen LogP contribution in [0.5, 0.6) is 0 Å². The van der Waals surface area contributed by atoms with Crippen LogP contribution in [-0.2, 0) is 16.6 Å². The van der Waals surface area contributed by atoms with Gasteiger partial charge in [-0.1, -0.05) is 0 Å². The first-order valence-corrected chi connectivity index (χ1v) is 6.73. The zero-order chi connectivity index (χ0) is 13.2. The van der Waals surface area contributed by atoms with E-state index in [1.54, 1.807) is 19.1 Å². The molecule has 0 saturated heterocycles. The molecule has 6 nitrogen and oxygen atoms in total. The van der Waals surface area contributed by atoms with E-state index in [9.17, 15) is 8.42 Å². The molecule has 0 spiro atoms. The van der Waals surface area contributed by atoms with E-state index in [0.29, 0.717) is 17.2 Å². The fourth-order valence-electron chi connectivity index (χ4n) is 1.52. The highest BCUT2D eigenvalue weighted by molar-refractivity contribution is 7.92. The van der Waals surface area contributed by atoms with E-state index in [-0.39, 0.29) is 11.4 Å². The minimum Gasteiger partial charge on any atom is -0.464 e. The first kappa shape index (κ1) is 12.6. The highest BCUT2D eigenvalue weighted by Crippen LogP contribution is 2.22. The van der Waals surface area contributed by atoms with E-state index in [4.69, 9.17) is 10.2 Å². The summed E-state index contributed by atoms with van der Waals surface area (Å²) in [6.07, 6.45) is 3.01. The number of rotatable bonds is 4. The zero-order valence-electron chi connectivity index (χ0n) is 9.75. The SMILES string of the molecule is Cc1oc(CN)cc1S(=O)(=O)Nc1ccncc1. The second-order valence-electron chi connectivity index (χ2n) is 3.68. The van der Waals surface area contributed by atoms with Crippen LogP contribution in [0, 0.1) is 6.92 Å². The lowest BCUT2D eigenvalue weighted by molar-refractivity contribution is 0.479. The van der Waals surface area contributed by atoms with E-state index in [2.05, 4.69) is 9.71 Å². The zero-order valence-corrected chi connectivity index (χ0v) is 10.6. The summed E-state index contributed by atoms with van der Waals surface area (Å²) in [5.74, 6) is 0.750. The van der Waals surface area contributed by atoms with E-state index in [1.807, 2.05) is 0 Å². The molecule has 0 saturated carbocycles. The Morgan fingerprint density at radius 1 is 1.39 bits per heavy atom. The number of nitrogens with zero attached hydrogens (tertiary/aromatic N) is 1. The number of aryl methyl sites for hydroxylation is 1. The Hall–Kier alpha value is -1.86. The number of aromatic nitrogens is 1. The third-order valence-electron chi connectivity index (χ3n) is 2.35. The minimum atomic E-state index is -3.66. The monoisotopic (exact) mass is 267 g/mol. The molecule has 0 amide bonds. The van der Waals surface area contributed by atoms with E-state index in [1.165, 1.54) is 18.5 Å². The quantitative estimate of drug-likeness (QED) is 0.868. The highest BCUT2D eigenvalue weighted by Gasteiger charge is 2.21. The van der Waals surface area contributed by atoms with Gasteiger partial charge < -0.3 is 10.2 Å². The Kier molecular flexibility index (Phi) is 3.35. The Labute approximate surface area is 105 Å². The van der Waals surface area contributed by atoms with Crippen LogP contribution in [0.3, 0.4) is 0 Å². The Morgan fingerprint density at radius 3 is 2.61 bits per heavy atom. The van der Waals surface area contributed by atoms with E-state index < -0.39 is 10.0 Å². The summed E-state index contributed by atoms with van der Waals surface area (Å²) >= 11 is 0. The summed E-state index contributed by atoms with van der Waals surface area (Å²) < 4.78 is 31.9. The van der Waals surface area contributed by atoms with Crippen molar-refractivity contribution >= 4 is 15.7 Å². The predicted molar refractivity (Wildman–Crippen MR) is 66.4 cm³/mol. The number of sulfonamides is 1. The lowest BCUT2D eigenvalue weighted by atomic mass is 10.4. The molecule has 2 aromatic heterocycles. The van der Waals surface area contributed by atoms with Crippen LogP contribution >= 0.6 is 0 Å². The van der Waals surface area contributed by atoms with Crippen molar-refractivity contribution in [2.75, 3.05) is 4.72 Å². The topological polar surface area (TPSA) is 98.2 Å². The molecule has 18 heavy (non-hydrogen) atoms. The van der Waals surface area contributed by atoms with Gasteiger partial charge in [0.25, 0.3) is 10.0 Å². The summed E-state index contributed by atoms with van der Waals surface area (Å²) in [6.45, 7) is 1.74. The summed E-state index contributed by atoms with van der Waals surface area (Å²) in [4.78, 5) is 3.91. The second kappa shape index (κ2) is 4.79. The van der Waals surface area contributed by atoms with Crippen LogP contribution in [0.1, 0.15) is 11.5 Å². The lowest BCUT2D eigenvalue weighted by Crippen LogP contribution is -2.13. The normalized spacial score (nSPS) is 11.4. The molecule has 0 atom stereocenters. The van der Waals surface area contributed by atoms with Gasteiger partial charge in [-0.25, -0.2) is 8.42 Å². The number of furan rings is 1. The molecule has 0 radical (unpaired) electrons. The van der Waals surface area contributed by atoms with E-state index >= 15 is 0 Å². The molecule has 2 aromatic rings. The van der Waals surface area contributed by atoms with Crippen LogP contribution in [-0.4, -0.2) is 13.4 Å². The fraction of sp³-hybridized carbons (Fsp3) is 0.182. The Balaban J connectivity index is 2.34. The van der Waals surface area contributed by atoms with Gasteiger partial charge in [0.2, 0.25) is 0 Å². The van der Waals surface area contributed by atoms with Crippen LogP contribution in [0.15, 0.2) is 39.9 Å². The molecule has 2 rings (SSSR count). The van der Waals surface area contributed by atoms with Gasteiger partial charge in [-0.2, -0.15) is 0 Å². The first-order valence-electron chi connectivity index (χ1n) is 5.25. The van der Waals surface area contributed by atoms with Crippen molar-refractivity contribution in [2.24, 2.45) is 5.73 Å². The largest absolute Gasteiger partial charge is 0.464 e. The van der Waals surface area contributed by atoms with Crippen molar-refractivity contribution in [3.05, 3.63) is 42.1 Å². The van der Waals surface area contributed by atoms with Gasteiger partial charge in [0.15, 0.2) is 0 Å². The van der Waals surface area contributed by atoms with Crippen molar-refractivity contribution in [3.8, 4) is 0 Å².